The smallest absolute Gasteiger partial charge is 0.123 e. The Morgan fingerprint density at radius 3 is 2.71 bits per heavy atom. The van der Waals surface area contributed by atoms with E-state index in [1.165, 1.54) is 35.3 Å². The Balaban J connectivity index is 1.46. The van der Waals surface area contributed by atoms with Crippen LogP contribution in [0, 0.1) is 0 Å². The summed E-state index contributed by atoms with van der Waals surface area (Å²) in [6, 6.07) is 11.3. The number of benzene rings is 1. The van der Waals surface area contributed by atoms with Crippen LogP contribution in [-0.2, 0) is 20.0 Å². The van der Waals surface area contributed by atoms with Gasteiger partial charge in [-0.2, -0.15) is 0 Å². The van der Waals surface area contributed by atoms with Crippen molar-refractivity contribution >= 4 is 16.7 Å². The zero-order chi connectivity index (χ0) is 21.4. The van der Waals surface area contributed by atoms with Crippen molar-refractivity contribution < 1.29 is 0 Å². The van der Waals surface area contributed by atoms with E-state index in [9.17, 15) is 0 Å². The SMILES string of the molecule is CCN(Cc1nc2cccc(N3CCN(C)CC3)c2n1C)[C@H]1CCCc2cccnc21. The third-order valence-electron chi connectivity index (χ3n) is 7.17. The van der Waals surface area contributed by atoms with Crippen LogP contribution < -0.4 is 4.90 Å². The maximum atomic E-state index is 5.09. The van der Waals surface area contributed by atoms with Crippen molar-refractivity contribution in [2.24, 2.45) is 7.05 Å². The molecule has 5 rings (SSSR count). The highest BCUT2D eigenvalue weighted by Gasteiger charge is 2.28. The normalized spacial score (nSPS) is 19.9. The third-order valence-corrected chi connectivity index (χ3v) is 7.17. The van der Waals surface area contributed by atoms with Crippen molar-refractivity contribution in [3.63, 3.8) is 0 Å². The van der Waals surface area contributed by atoms with E-state index in [-0.39, 0.29) is 0 Å². The van der Waals surface area contributed by atoms with E-state index < -0.39 is 0 Å². The average Bonchev–Trinajstić information content (AvgIpc) is 3.13. The molecule has 2 aliphatic rings. The van der Waals surface area contributed by atoms with Crippen LogP contribution in [-0.4, -0.2) is 64.1 Å². The maximum absolute atomic E-state index is 5.09. The number of hydrogen-bond acceptors (Lipinski definition) is 5. The van der Waals surface area contributed by atoms with Crippen LogP contribution in [0.15, 0.2) is 36.5 Å². The van der Waals surface area contributed by atoms with Crippen molar-refractivity contribution in [3.05, 3.63) is 53.6 Å². The summed E-state index contributed by atoms with van der Waals surface area (Å²) in [6.07, 6.45) is 5.50. The van der Waals surface area contributed by atoms with Crippen LogP contribution in [0.3, 0.4) is 0 Å². The largest absolute Gasteiger partial charge is 0.367 e. The molecule has 0 spiro atoms. The van der Waals surface area contributed by atoms with E-state index in [1.807, 2.05) is 6.20 Å². The van der Waals surface area contributed by atoms with Gasteiger partial charge < -0.3 is 14.4 Å². The van der Waals surface area contributed by atoms with Gasteiger partial charge in [-0.3, -0.25) is 9.88 Å². The fourth-order valence-electron chi connectivity index (χ4n) is 5.30. The zero-order valence-electron chi connectivity index (χ0n) is 19.1. The molecule has 1 saturated heterocycles. The van der Waals surface area contributed by atoms with Crippen molar-refractivity contribution in [2.75, 3.05) is 44.7 Å². The van der Waals surface area contributed by atoms with Crippen LogP contribution in [0.2, 0.25) is 0 Å². The van der Waals surface area contributed by atoms with E-state index in [0.29, 0.717) is 6.04 Å². The van der Waals surface area contributed by atoms with Gasteiger partial charge in [-0.15, -0.1) is 0 Å². The molecule has 6 heteroatoms. The molecule has 0 radical (unpaired) electrons. The Kier molecular flexibility index (Phi) is 5.67. The molecule has 2 aromatic heterocycles. The minimum atomic E-state index is 0.381. The molecular formula is C25H34N6. The number of fused-ring (bicyclic) bond motifs is 2. The fraction of sp³-hybridized carbons (Fsp3) is 0.520. The molecule has 31 heavy (non-hydrogen) atoms. The first kappa shape index (κ1) is 20.5. The lowest BCUT2D eigenvalue weighted by Gasteiger charge is -2.34. The number of para-hydroxylation sites is 1. The Morgan fingerprint density at radius 1 is 1.06 bits per heavy atom. The number of hydrogen-bond donors (Lipinski definition) is 0. The summed E-state index contributed by atoms with van der Waals surface area (Å²) in [5.41, 5.74) is 6.37. The summed E-state index contributed by atoms with van der Waals surface area (Å²) in [5, 5.41) is 0. The van der Waals surface area contributed by atoms with Gasteiger partial charge in [0.05, 0.1) is 35.0 Å². The topological polar surface area (TPSA) is 40.4 Å². The first-order valence-corrected chi connectivity index (χ1v) is 11.7. The molecule has 0 unspecified atom stereocenters. The first-order valence-electron chi connectivity index (χ1n) is 11.7. The average molecular weight is 419 g/mol. The Hall–Kier alpha value is -2.44. The standard InChI is InChI=1S/C25H34N6/c1-4-30(21-11-5-8-19-9-7-13-26-24(19)21)18-23-27-20-10-6-12-22(25(20)29(23)3)31-16-14-28(2)15-17-31/h6-7,9-10,12-13,21H,4-5,8,11,14-18H2,1-3H3/t21-/m0/s1. The molecule has 1 aromatic carbocycles. The quantitative estimate of drug-likeness (QED) is 0.633. The van der Waals surface area contributed by atoms with Crippen molar-refractivity contribution in [2.45, 2.75) is 38.8 Å². The number of piperazine rings is 1. The molecule has 1 aliphatic carbocycles. The third kappa shape index (κ3) is 3.83. The van der Waals surface area contributed by atoms with Gasteiger partial charge in [0.25, 0.3) is 0 Å². The van der Waals surface area contributed by atoms with Gasteiger partial charge in [-0.25, -0.2) is 4.98 Å². The van der Waals surface area contributed by atoms with E-state index in [1.54, 1.807) is 0 Å². The van der Waals surface area contributed by atoms with Crippen molar-refractivity contribution in [1.82, 2.24) is 24.3 Å². The summed E-state index contributed by atoms with van der Waals surface area (Å²) >= 11 is 0. The second-order valence-electron chi connectivity index (χ2n) is 9.04. The van der Waals surface area contributed by atoms with Gasteiger partial charge in [0.15, 0.2) is 0 Å². The summed E-state index contributed by atoms with van der Waals surface area (Å²) in [4.78, 5) is 17.3. The number of imidazole rings is 1. The van der Waals surface area contributed by atoms with Gasteiger partial charge in [0.1, 0.15) is 5.82 Å². The monoisotopic (exact) mass is 418 g/mol. The van der Waals surface area contributed by atoms with Crippen LogP contribution in [0.4, 0.5) is 5.69 Å². The highest BCUT2D eigenvalue weighted by atomic mass is 15.3. The molecule has 3 heterocycles. The van der Waals surface area contributed by atoms with E-state index >= 15 is 0 Å². The lowest BCUT2D eigenvalue weighted by atomic mass is 9.91. The van der Waals surface area contributed by atoms with Gasteiger partial charge in [-0.1, -0.05) is 19.1 Å². The van der Waals surface area contributed by atoms with Gasteiger partial charge in [-0.05, 0) is 56.6 Å². The van der Waals surface area contributed by atoms with Crippen LogP contribution in [0.25, 0.3) is 11.0 Å². The number of nitrogens with zero attached hydrogens (tertiary/aromatic N) is 6. The highest BCUT2D eigenvalue weighted by molar-refractivity contribution is 5.89. The van der Waals surface area contributed by atoms with E-state index in [0.717, 1.165) is 57.0 Å². The number of likely N-dealkylation sites (N-methyl/N-ethyl adjacent to an activating group) is 1. The van der Waals surface area contributed by atoms with Gasteiger partial charge in [0, 0.05) is 39.4 Å². The lowest BCUT2D eigenvalue weighted by molar-refractivity contribution is 0.169. The molecule has 0 bridgehead atoms. The predicted octanol–water partition coefficient (Wildman–Crippen LogP) is 3.62. The maximum Gasteiger partial charge on any atom is 0.123 e. The number of pyridine rings is 1. The second kappa shape index (κ2) is 8.60. The molecule has 1 atom stereocenters. The molecule has 3 aromatic rings. The van der Waals surface area contributed by atoms with Gasteiger partial charge >= 0.3 is 0 Å². The summed E-state index contributed by atoms with van der Waals surface area (Å²) in [5.74, 6) is 1.14. The number of aryl methyl sites for hydroxylation is 2. The van der Waals surface area contributed by atoms with Crippen molar-refractivity contribution in [1.29, 1.82) is 0 Å². The minimum Gasteiger partial charge on any atom is -0.367 e. The first-order chi connectivity index (χ1) is 15.2. The lowest BCUT2D eigenvalue weighted by Crippen LogP contribution is -2.44. The Bertz CT molecular complexity index is 1050. The minimum absolute atomic E-state index is 0.381. The van der Waals surface area contributed by atoms with Crippen LogP contribution in [0.1, 0.15) is 42.9 Å². The molecule has 0 amide bonds. The summed E-state index contributed by atoms with van der Waals surface area (Å²) in [6.45, 7) is 8.47. The van der Waals surface area contributed by atoms with Gasteiger partial charge in [0.2, 0.25) is 0 Å². The zero-order valence-corrected chi connectivity index (χ0v) is 19.1. The number of anilines is 1. The molecule has 164 valence electrons. The summed E-state index contributed by atoms with van der Waals surface area (Å²) in [7, 11) is 4.39. The van der Waals surface area contributed by atoms with E-state index in [4.69, 9.17) is 9.97 Å². The molecular weight excluding hydrogens is 384 g/mol. The fourth-order valence-corrected chi connectivity index (χ4v) is 5.30. The highest BCUT2D eigenvalue weighted by Crippen LogP contribution is 2.34. The van der Waals surface area contributed by atoms with E-state index in [2.05, 4.69) is 70.6 Å². The number of aromatic nitrogens is 3. The van der Waals surface area contributed by atoms with Crippen molar-refractivity contribution in [3.8, 4) is 0 Å². The summed E-state index contributed by atoms with van der Waals surface area (Å²) < 4.78 is 2.33. The second-order valence-corrected chi connectivity index (χ2v) is 9.04. The Labute approximate surface area is 185 Å². The van der Waals surface area contributed by atoms with Crippen LogP contribution in [0.5, 0.6) is 0 Å². The molecule has 0 N–H and O–H groups in total. The molecule has 6 nitrogen and oxygen atoms in total. The molecule has 0 saturated carbocycles. The number of rotatable bonds is 5. The predicted molar refractivity (Wildman–Crippen MR) is 126 cm³/mol. The molecule has 1 aliphatic heterocycles. The van der Waals surface area contributed by atoms with Crippen LogP contribution >= 0.6 is 0 Å². The molecule has 1 fully saturated rings. The Morgan fingerprint density at radius 2 is 1.90 bits per heavy atom.